The summed E-state index contributed by atoms with van der Waals surface area (Å²) in [7, 11) is 3.12. The van der Waals surface area contributed by atoms with E-state index in [9.17, 15) is 9.59 Å². The van der Waals surface area contributed by atoms with E-state index in [4.69, 9.17) is 9.47 Å². The second-order valence-corrected chi connectivity index (χ2v) is 7.25. The number of carbonyl (C=O) groups excluding carboxylic acids is 2. The molecule has 2 amide bonds. The molecule has 6 heteroatoms. The molecule has 28 heavy (non-hydrogen) atoms. The highest BCUT2D eigenvalue weighted by molar-refractivity contribution is 6.09. The molecular formula is C22H28N2O4. The molecule has 0 aromatic heterocycles. The Morgan fingerprint density at radius 1 is 0.893 bits per heavy atom. The van der Waals surface area contributed by atoms with Gasteiger partial charge in [0.1, 0.15) is 5.41 Å². The molecule has 0 aliphatic heterocycles. The highest BCUT2D eigenvalue weighted by Crippen LogP contribution is 2.27. The van der Waals surface area contributed by atoms with Crippen molar-refractivity contribution in [3.05, 3.63) is 53.1 Å². The highest BCUT2D eigenvalue weighted by atomic mass is 16.5. The van der Waals surface area contributed by atoms with E-state index >= 15 is 0 Å². The molecule has 0 radical (unpaired) electrons. The fraction of sp³-hybridized carbons (Fsp3) is 0.364. The van der Waals surface area contributed by atoms with Gasteiger partial charge in [0, 0.05) is 12.2 Å². The number of amides is 2. The first-order valence-corrected chi connectivity index (χ1v) is 9.07. The molecule has 2 aromatic carbocycles. The summed E-state index contributed by atoms with van der Waals surface area (Å²) in [6.07, 6.45) is 0. The summed E-state index contributed by atoms with van der Waals surface area (Å²) in [5.41, 5.74) is 2.51. The van der Waals surface area contributed by atoms with Crippen molar-refractivity contribution in [1.82, 2.24) is 5.32 Å². The lowest BCUT2D eigenvalue weighted by molar-refractivity contribution is -0.138. The molecule has 0 saturated heterocycles. The van der Waals surface area contributed by atoms with Crippen LogP contribution in [0.5, 0.6) is 11.5 Å². The van der Waals surface area contributed by atoms with Crippen LogP contribution in [-0.2, 0) is 16.1 Å². The monoisotopic (exact) mass is 384 g/mol. The normalized spacial score (nSPS) is 10.9. The maximum atomic E-state index is 12.7. The molecule has 2 N–H and O–H groups in total. The topological polar surface area (TPSA) is 76.7 Å². The van der Waals surface area contributed by atoms with Crippen molar-refractivity contribution in [1.29, 1.82) is 0 Å². The highest BCUT2D eigenvalue weighted by Gasteiger charge is 2.36. The minimum Gasteiger partial charge on any atom is -0.493 e. The van der Waals surface area contributed by atoms with E-state index in [1.54, 1.807) is 40.2 Å². The van der Waals surface area contributed by atoms with Crippen molar-refractivity contribution in [3.63, 3.8) is 0 Å². The molecule has 0 aliphatic rings. The molecule has 2 rings (SSSR count). The van der Waals surface area contributed by atoms with Crippen molar-refractivity contribution in [2.45, 2.75) is 34.2 Å². The zero-order chi connectivity index (χ0) is 20.9. The predicted octanol–water partition coefficient (Wildman–Crippen LogP) is 3.60. The summed E-state index contributed by atoms with van der Waals surface area (Å²) < 4.78 is 10.5. The van der Waals surface area contributed by atoms with Crippen molar-refractivity contribution < 1.29 is 19.1 Å². The van der Waals surface area contributed by atoms with Crippen molar-refractivity contribution in [2.75, 3.05) is 19.5 Å². The first-order chi connectivity index (χ1) is 13.2. The minimum atomic E-state index is -1.23. The Labute approximate surface area is 166 Å². The number of benzene rings is 2. The first kappa shape index (κ1) is 21.3. The van der Waals surface area contributed by atoms with Gasteiger partial charge in [-0.25, -0.2) is 0 Å². The van der Waals surface area contributed by atoms with Gasteiger partial charge < -0.3 is 20.1 Å². The van der Waals surface area contributed by atoms with Gasteiger partial charge in [-0.15, -0.1) is 0 Å². The number of hydrogen-bond acceptors (Lipinski definition) is 4. The largest absolute Gasteiger partial charge is 0.493 e. The minimum absolute atomic E-state index is 0.277. The van der Waals surface area contributed by atoms with Gasteiger partial charge in [0.15, 0.2) is 11.5 Å². The number of hydrogen-bond donors (Lipinski definition) is 2. The van der Waals surface area contributed by atoms with Crippen LogP contribution in [0.3, 0.4) is 0 Å². The number of anilines is 1. The van der Waals surface area contributed by atoms with E-state index in [2.05, 4.69) is 10.6 Å². The van der Waals surface area contributed by atoms with E-state index in [1.807, 2.05) is 38.1 Å². The van der Waals surface area contributed by atoms with Crippen LogP contribution in [-0.4, -0.2) is 26.0 Å². The Bertz CT molecular complexity index is 875. The van der Waals surface area contributed by atoms with Crippen LogP contribution < -0.4 is 20.1 Å². The standard InChI is InChI=1S/C22H28N2O4/c1-14-7-9-17(11-15(14)2)24-21(26)22(3,4)20(25)23-13-16-8-10-18(27-5)19(12-16)28-6/h7-12H,13H2,1-6H3,(H,23,25)(H,24,26). The molecule has 2 aromatic rings. The molecule has 0 spiro atoms. The Hall–Kier alpha value is -3.02. The van der Waals surface area contributed by atoms with Crippen molar-refractivity contribution in [2.24, 2.45) is 5.41 Å². The SMILES string of the molecule is COc1ccc(CNC(=O)C(C)(C)C(=O)Nc2ccc(C)c(C)c2)cc1OC. The summed E-state index contributed by atoms with van der Waals surface area (Å²) in [6.45, 7) is 7.47. The number of aryl methyl sites for hydroxylation is 2. The molecule has 0 heterocycles. The van der Waals surface area contributed by atoms with Crippen LogP contribution in [0.15, 0.2) is 36.4 Å². The van der Waals surface area contributed by atoms with Gasteiger partial charge in [-0.1, -0.05) is 12.1 Å². The second-order valence-electron chi connectivity index (χ2n) is 7.25. The molecule has 150 valence electrons. The van der Waals surface area contributed by atoms with Crippen LogP contribution in [0.4, 0.5) is 5.69 Å². The van der Waals surface area contributed by atoms with Gasteiger partial charge in [0.25, 0.3) is 0 Å². The predicted molar refractivity (Wildman–Crippen MR) is 110 cm³/mol. The van der Waals surface area contributed by atoms with E-state index in [1.165, 1.54) is 0 Å². The number of carbonyl (C=O) groups is 2. The van der Waals surface area contributed by atoms with E-state index in [0.29, 0.717) is 17.2 Å². The van der Waals surface area contributed by atoms with Gasteiger partial charge >= 0.3 is 0 Å². The molecule has 0 aliphatic carbocycles. The quantitative estimate of drug-likeness (QED) is 0.715. The van der Waals surface area contributed by atoms with Gasteiger partial charge in [-0.3, -0.25) is 9.59 Å². The summed E-state index contributed by atoms with van der Waals surface area (Å²) >= 11 is 0. The van der Waals surface area contributed by atoms with E-state index in [0.717, 1.165) is 16.7 Å². The Morgan fingerprint density at radius 3 is 2.18 bits per heavy atom. The Morgan fingerprint density at radius 2 is 1.57 bits per heavy atom. The van der Waals surface area contributed by atoms with Crippen LogP contribution in [0.25, 0.3) is 0 Å². The fourth-order valence-corrected chi connectivity index (χ4v) is 2.60. The maximum Gasteiger partial charge on any atom is 0.239 e. The molecule has 0 saturated carbocycles. The summed E-state index contributed by atoms with van der Waals surface area (Å²) in [5.74, 6) is 0.482. The number of ether oxygens (including phenoxy) is 2. The van der Waals surface area contributed by atoms with Crippen molar-refractivity contribution >= 4 is 17.5 Å². The maximum absolute atomic E-state index is 12.7. The molecule has 0 atom stereocenters. The lowest BCUT2D eigenvalue weighted by Gasteiger charge is -2.23. The van der Waals surface area contributed by atoms with Crippen LogP contribution in [0.2, 0.25) is 0 Å². The van der Waals surface area contributed by atoms with Gasteiger partial charge in [0.05, 0.1) is 14.2 Å². The van der Waals surface area contributed by atoms with Crippen LogP contribution >= 0.6 is 0 Å². The average molecular weight is 384 g/mol. The Balaban J connectivity index is 2.03. The van der Waals surface area contributed by atoms with Crippen molar-refractivity contribution in [3.8, 4) is 11.5 Å². The average Bonchev–Trinajstić information content (AvgIpc) is 2.68. The van der Waals surface area contributed by atoms with E-state index in [-0.39, 0.29) is 18.4 Å². The fourth-order valence-electron chi connectivity index (χ4n) is 2.60. The Kier molecular flexibility index (Phi) is 6.67. The molecule has 0 bridgehead atoms. The third kappa shape index (κ3) is 4.82. The second kappa shape index (κ2) is 8.78. The number of methoxy groups -OCH3 is 2. The molecule has 6 nitrogen and oxygen atoms in total. The lowest BCUT2D eigenvalue weighted by atomic mass is 9.90. The lowest BCUT2D eigenvalue weighted by Crippen LogP contribution is -2.44. The first-order valence-electron chi connectivity index (χ1n) is 9.07. The molecule has 0 unspecified atom stereocenters. The zero-order valence-electron chi connectivity index (χ0n) is 17.3. The molecular weight excluding hydrogens is 356 g/mol. The third-order valence-corrected chi connectivity index (χ3v) is 4.80. The summed E-state index contributed by atoms with van der Waals surface area (Å²) in [6, 6.07) is 11.1. The van der Waals surface area contributed by atoms with Gasteiger partial charge in [0.2, 0.25) is 11.8 Å². The summed E-state index contributed by atoms with van der Waals surface area (Å²) in [5, 5.41) is 5.65. The van der Waals surface area contributed by atoms with Gasteiger partial charge in [-0.2, -0.15) is 0 Å². The smallest absolute Gasteiger partial charge is 0.239 e. The van der Waals surface area contributed by atoms with E-state index < -0.39 is 5.41 Å². The number of rotatable bonds is 7. The zero-order valence-corrected chi connectivity index (χ0v) is 17.3. The van der Waals surface area contributed by atoms with Gasteiger partial charge in [-0.05, 0) is 68.7 Å². The van der Waals surface area contributed by atoms with Crippen LogP contribution in [0.1, 0.15) is 30.5 Å². The molecule has 0 fully saturated rings. The number of nitrogens with one attached hydrogen (secondary N) is 2. The van der Waals surface area contributed by atoms with Crippen LogP contribution in [0, 0.1) is 19.3 Å². The summed E-state index contributed by atoms with van der Waals surface area (Å²) in [4.78, 5) is 25.3. The third-order valence-electron chi connectivity index (χ3n) is 4.80.